The Morgan fingerprint density at radius 3 is 3.28 bits per heavy atom. The third kappa shape index (κ3) is 2.41. The molecule has 3 rings (SSSR count). The molecule has 0 spiro atoms. The van der Waals surface area contributed by atoms with Crippen molar-refractivity contribution in [1.29, 1.82) is 0 Å². The molecule has 3 atom stereocenters. The van der Waals surface area contributed by atoms with E-state index < -0.39 is 0 Å². The summed E-state index contributed by atoms with van der Waals surface area (Å²) in [5, 5.41) is 4.01. The quantitative estimate of drug-likeness (QED) is 0.844. The lowest BCUT2D eigenvalue weighted by molar-refractivity contribution is -0.0548. The summed E-state index contributed by atoms with van der Waals surface area (Å²) in [7, 11) is 0. The maximum absolute atomic E-state index is 5.84. The van der Waals surface area contributed by atoms with Gasteiger partial charge in [0.2, 0.25) is 11.7 Å². The molecule has 2 aliphatic rings. The molecule has 2 saturated heterocycles. The molecule has 0 amide bonds. The van der Waals surface area contributed by atoms with Crippen LogP contribution >= 0.6 is 0 Å². The van der Waals surface area contributed by atoms with Crippen molar-refractivity contribution in [3.8, 4) is 0 Å². The zero-order valence-electron chi connectivity index (χ0n) is 10.7. The van der Waals surface area contributed by atoms with E-state index in [9.17, 15) is 0 Å². The molecule has 0 saturated carbocycles. The van der Waals surface area contributed by atoms with Gasteiger partial charge in [0.05, 0.1) is 6.61 Å². The fourth-order valence-corrected chi connectivity index (χ4v) is 2.73. The van der Waals surface area contributed by atoms with E-state index in [4.69, 9.17) is 15.0 Å². The van der Waals surface area contributed by atoms with E-state index in [1.807, 2.05) is 6.92 Å². The zero-order valence-corrected chi connectivity index (χ0v) is 10.7. The highest BCUT2D eigenvalue weighted by molar-refractivity contribution is 4.97. The van der Waals surface area contributed by atoms with E-state index in [0.29, 0.717) is 24.2 Å². The Morgan fingerprint density at radius 1 is 1.56 bits per heavy atom. The van der Waals surface area contributed by atoms with Crippen LogP contribution in [0.2, 0.25) is 0 Å². The number of ether oxygens (including phenoxy) is 1. The second-order valence-electron chi connectivity index (χ2n) is 5.34. The Balaban J connectivity index is 1.65. The summed E-state index contributed by atoms with van der Waals surface area (Å²) in [6, 6.07) is 0.630. The topological polar surface area (TPSA) is 77.4 Å². The Labute approximate surface area is 106 Å². The number of aromatic nitrogens is 2. The number of nitrogens with two attached hydrogens (primary N) is 1. The first kappa shape index (κ1) is 12.1. The number of rotatable bonds is 3. The van der Waals surface area contributed by atoms with Crippen molar-refractivity contribution in [2.24, 2.45) is 5.73 Å². The number of hydrogen-bond donors (Lipinski definition) is 1. The van der Waals surface area contributed by atoms with Crippen molar-refractivity contribution in [1.82, 2.24) is 15.0 Å². The minimum absolute atomic E-state index is 0.0357. The molecule has 0 bridgehead atoms. The minimum atomic E-state index is -0.0510. The molecule has 18 heavy (non-hydrogen) atoms. The van der Waals surface area contributed by atoms with Crippen molar-refractivity contribution in [2.45, 2.75) is 44.4 Å². The number of hydrogen-bond acceptors (Lipinski definition) is 6. The molecule has 3 heterocycles. The van der Waals surface area contributed by atoms with Crippen LogP contribution in [0.3, 0.4) is 0 Å². The SMILES string of the molecule is CC(N)Cc1nc(C2CN3CCCC3CO2)no1. The fourth-order valence-electron chi connectivity index (χ4n) is 2.73. The van der Waals surface area contributed by atoms with E-state index >= 15 is 0 Å². The van der Waals surface area contributed by atoms with Gasteiger partial charge in [-0.05, 0) is 26.3 Å². The Bertz CT molecular complexity index is 407. The average molecular weight is 252 g/mol. The summed E-state index contributed by atoms with van der Waals surface area (Å²) in [6.07, 6.45) is 3.08. The molecule has 3 unspecified atom stereocenters. The lowest BCUT2D eigenvalue weighted by Crippen LogP contribution is -2.42. The highest BCUT2D eigenvalue weighted by Gasteiger charge is 2.34. The molecule has 2 aliphatic heterocycles. The Kier molecular flexibility index (Phi) is 3.32. The standard InChI is InChI=1S/C12H20N4O2/c1-8(13)5-11-14-12(15-18-11)10-6-16-4-2-3-9(16)7-17-10/h8-10H,2-7,13H2,1H3. The van der Waals surface area contributed by atoms with Crippen LogP contribution in [-0.4, -0.2) is 46.8 Å². The van der Waals surface area contributed by atoms with Gasteiger partial charge in [-0.1, -0.05) is 5.16 Å². The van der Waals surface area contributed by atoms with Crippen molar-refractivity contribution in [3.05, 3.63) is 11.7 Å². The van der Waals surface area contributed by atoms with Gasteiger partial charge in [-0.25, -0.2) is 0 Å². The first-order chi connectivity index (χ1) is 8.72. The first-order valence-electron chi connectivity index (χ1n) is 6.66. The summed E-state index contributed by atoms with van der Waals surface area (Å²) in [6.45, 7) is 4.74. The average Bonchev–Trinajstić information content (AvgIpc) is 2.95. The number of fused-ring (bicyclic) bond motifs is 1. The molecule has 1 aromatic heterocycles. The summed E-state index contributed by atoms with van der Waals surface area (Å²) in [5.74, 6) is 1.27. The Hall–Kier alpha value is -0.980. The summed E-state index contributed by atoms with van der Waals surface area (Å²) in [4.78, 5) is 6.85. The van der Waals surface area contributed by atoms with Gasteiger partial charge in [0.15, 0.2) is 0 Å². The summed E-state index contributed by atoms with van der Waals surface area (Å²) < 4.78 is 11.0. The molecular formula is C12H20N4O2. The maximum atomic E-state index is 5.84. The number of nitrogens with zero attached hydrogens (tertiary/aromatic N) is 3. The normalized spacial score (nSPS) is 30.3. The van der Waals surface area contributed by atoms with Gasteiger partial charge < -0.3 is 15.0 Å². The van der Waals surface area contributed by atoms with Crippen LogP contribution in [-0.2, 0) is 11.2 Å². The second-order valence-corrected chi connectivity index (χ2v) is 5.34. The van der Waals surface area contributed by atoms with Gasteiger partial charge >= 0.3 is 0 Å². The van der Waals surface area contributed by atoms with Crippen LogP contribution in [0, 0.1) is 0 Å². The lowest BCUT2D eigenvalue weighted by atomic mass is 10.2. The van der Waals surface area contributed by atoms with Gasteiger partial charge in [-0.15, -0.1) is 0 Å². The van der Waals surface area contributed by atoms with Gasteiger partial charge in [0.25, 0.3) is 0 Å². The molecule has 0 radical (unpaired) electrons. The van der Waals surface area contributed by atoms with Crippen LogP contribution < -0.4 is 5.73 Å². The molecule has 2 fully saturated rings. The summed E-state index contributed by atoms with van der Waals surface area (Å²) >= 11 is 0. The van der Waals surface area contributed by atoms with E-state index in [2.05, 4.69) is 15.0 Å². The van der Waals surface area contributed by atoms with Crippen LogP contribution in [0.1, 0.15) is 37.6 Å². The van der Waals surface area contributed by atoms with Gasteiger partial charge in [-0.3, -0.25) is 4.90 Å². The third-order valence-electron chi connectivity index (χ3n) is 3.66. The smallest absolute Gasteiger partial charge is 0.228 e. The molecule has 2 N–H and O–H groups in total. The third-order valence-corrected chi connectivity index (χ3v) is 3.66. The molecule has 6 heteroatoms. The van der Waals surface area contributed by atoms with Crippen LogP contribution in [0.25, 0.3) is 0 Å². The van der Waals surface area contributed by atoms with E-state index in [0.717, 1.165) is 19.7 Å². The lowest BCUT2D eigenvalue weighted by Gasteiger charge is -2.33. The van der Waals surface area contributed by atoms with Gasteiger partial charge in [0.1, 0.15) is 6.10 Å². The van der Waals surface area contributed by atoms with Crippen molar-refractivity contribution in [2.75, 3.05) is 19.7 Å². The zero-order chi connectivity index (χ0) is 12.5. The van der Waals surface area contributed by atoms with Crippen molar-refractivity contribution < 1.29 is 9.26 Å². The second kappa shape index (κ2) is 4.95. The van der Waals surface area contributed by atoms with Gasteiger partial charge in [-0.2, -0.15) is 4.98 Å². The Morgan fingerprint density at radius 2 is 2.44 bits per heavy atom. The largest absolute Gasteiger partial charge is 0.367 e. The molecule has 0 aromatic carbocycles. The van der Waals surface area contributed by atoms with Crippen LogP contribution in [0.15, 0.2) is 4.52 Å². The van der Waals surface area contributed by atoms with Crippen LogP contribution in [0.5, 0.6) is 0 Å². The van der Waals surface area contributed by atoms with E-state index in [-0.39, 0.29) is 12.1 Å². The monoisotopic (exact) mass is 252 g/mol. The molecule has 100 valence electrons. The molecule has 0 aliphatic carbocycles. The van der Waals surface area contributed by atoms with Crippen molar-refractivity contribution in [3.63, 3.8) is 0 Å². The molecule has 6 nitrogen and oxygen atoms in total. The first-order valence-corrected chi connectivity index (χ1v) is 6.66. The highest BCUT2D eigenvalue weighted by Crippen LogP contribution is 2.28. The maximum Gasteiger partial charge on any atom is 0.228 e. The van der Waals surface area contributed by atoms with E-state index in [1.54, 1.807) is 0 Å². The predicted molar refractivity (Wildman–Crippen MR) is 64.9 cm³/mol. The van der Waals surface area contributed by atoms with Crippen molar-refractivity contribution >= 4 is 0 Å². The van der Waals surface area contributed by atoms with Gasteiger partial charge in [0, 0.05) is 25.0 Å². The van der Waals surface area contributed by atoms with Crippen LogP contribution in [0.4, 0.5) is 0 Å². The fraction of sp³-hybridized carbons (Fsp3) is 0.833. The summed E-state index contributed by atoms with van der Waals surface area (Å²) in [5.41, 5.74) is 5.71. The highest BCUT2D eigenvalue weighted by atomic mass is 16.5. The predicted octanol–water partition coefficient (Wildman–Crippen LogP) is 0.495. The number of morpholine rings is 1. The van der Waals surface area contributed by atoms with E-state index in [1.165, 1.54) is 12.8 Å². The molecular weight excluding hydrogens is 232 g/mol. The minimum Gasteiger partial charge on any atom is -0.367 e. The molecule has 1 aromatic rings.